The van der Waals surface area contributed by atoms with E-state index in [1.807, 2.05) is 25.1 Å². The standard InChI is InChI=1S/C16H24N2O4/c1-3-22-15-8-12(4-5-14(15)20-2)10-18-16(19)9-13-11-21-7-6-17-13/h4-5,8,13,17H,3,6-7,9-11H2,1-2H3,(H,18,19). The molecule has 1 fully saturated rings. The second-order valence-electron chi connectivity index (χ2n) is 5.13. The summed E-state index contributed by atoms with van der Waals surface area (Å²) in [4.78, 5) is 12.0. The lowest BCUT2D eigenvalue weighted by Crippen LogP contribution is -2.44. The molecule has 0 aromatic heterocycles. The first-order valence-electron chi connectivity index (χ1n) is 7.60. The maximum Gasteiger partial charge on any atom is 0.221 e. The Balaban J connectivity index is 1.84. The summed E-state index contributed by atoms with van der Waals surface area (Å²) in [5, 5.41) is 6.19. The number of ether oxygens (including phenoxy) is 3. The summed E-state index contributed by atoms with van der Waals surface area (Å²) in [7, 11) is 1.61. The van der Waals surface area contributed by atoms with Gasteiger partial charge >= 0.3 is 0 Å². The van der Waals surface area contributed by atoms with Crippen LogP contribution in [0.15, 0.2) is 18.2 Å². The molecular weight excluding hydrogens is 284 g/mol. The van der Waals surface area contributed by atoms with E-state index >= 15 is 0 Å². The van der Waals surface area contributed by atoms with Crippen molar-refractivity contribution >= 4 is 5.91 Å². The number of hydrogen-bond donors (Lipinski definition) is 2. The van der Waals surface area contributed by atoms with Gasteiger partial charge in [0.15, 0.2) is 11.5 Å². The third kappa shape index (κ3) is 4.89. The van der Waals surface area contributed by atoms with Crippen LogP contribution in [-0.2, 0) is 16.1 Å². The molecule has 1 saturated heterocycles. The van der Waals surface area contributed by atoms with Gasteiger partial charge in [-0.25, -0.2) is 0 Å². The van der Waals surface area contributed by atoms with Gasteiger partial charge in [-0.05, 0) is 24.6 Å². The molecule has 1 aromatic rings. The van der Waals surface area contributed by atoms with Crippen LogP contribution in [0.1, 0.15) is 18.9 Å². The summed E-state index contributed by atoms with van der Waals surface area (Å²) < 4.78 is 16.1. The number of hydrogen-bond acceptors (Lipinski definition) is 5. The van der Waals surface area contributed by atoms with E-state index in [-0.39, 0.29) is 11.9 Å². The van der Waals surface area contributed by atoms with Crippen molar-refractivity contribution in [1.29, 1.82) is 0 Å². The highest BCUT2D eigenvalue weighted by Crippen LogP contribution is 2.27. The van der Waals surface area contributed by atoms with E-state index in [9.17, 15) is 4.79 Å². The van der Waals surface area contributed by atoms with Crippen molar-refractivity contribution < 1.29 is 19.0 Å². The Morgan fingerprint density at radius 3 is 3.00 bits per heavy atom. The van der Waals surface area contributed by atoms with Crippen molar-refractivity contribution in [2.24, 2.45) is 0 Å². The van der Waals surface area contributed by atoms with Gasteiger partial charge in [-0.1, -0.05) is 6.07 Å². The minimum absolute atomic E-state index is 0.0109. The summed E-state index contributed by atoms with van der Waals surface area (Å²) in [5.74, 6) is 1.40. The zero-order valence-electron chi connectivity index (χ0n) is 13.2. The molecule has 0 spiro atoms. The van der Waals surface area contributed by atoms with Gasteiger partial charge in [-0.15, -0.1) is 0 Å². The van der Waals surface area contributed by atoms with E-state index in [2.05, 4.69) is 10.6 Å². The number of carbonyl (C=O) groups excluding carboxylic acids is 1. The SMILES string of the molecule is CCOc1cc(CNC(=O)CC2COCCN2)ccc1OC. The minimum atomic E-state index is 0.0109. The molecule has 1 amide bonds. The summed E-state index contributed by atoms with van der Waals surface area (Å²) >= 11 is 0. The summed E-state index contributed by atoms with van der Waals surface area (Å²) in [6.07, 6.45) is 0.425. The van der Waals surface area contributed by atoms with Crippen LogP contribution in [0.4, 0.5) is 0 Å². The van der Waals surface area contributed by atoms with Gasteiger partial charge in [-0.3, -0.25) is 4.79 Å². The van der Waals surface area contributed by atoms with Crippen molar-refractivity contribution in [1.82, 2.24) is 10.6 Å². The Hall–Kier alpha value is -1.79. The minimum Gasteiger partial charge on any atom is -0.493 e. The molecule has 0 bridgehead atoms. The number of carbonyl (C=O) groups is 1. The van der Waals surface area contributed by atoms with E-state index in [0.717, 1.165) is 12.1 Å². The largest absolute Gasteiger partial charge is 0.493 e. The second kappa shape index (κ2) is 8.60. The zero-order valence-corrected chi connectivity index (χ0v) is 13.2. The van der Waals surface area contributed by atoms with E-state index in [4.69, 9.17) is 14.2 Å². The Morgan fingerprint density at radius 2 is 2.32 bits per heavy atom. The molecule has 0 saturated carbocycles. The second-order valence-corrected chi connectivity index (χ2v) is 5.13. The van der Waals surface area contributed by atoms with Gasteiger partial charge in [-0.2, -0.15) is 0 Å². The van der Waals surface area contributed by atoms with Crippen molar-refractivity contribution in [2.75, 3.05) is 33.5 Å². The normalized spacial score (nSPS) is 17.8. The lowest BCUT2D eigenvalue weighted by Gasteiger charge is -2.23. The Bertz CT molecular complexity index is 487. The number of nitrogens with one attached hydrogen (secondary N) is 2. The molecular formula is C16H24N2O4. The summed E-state index contributed by atoms with van der Waals surface area (Å²) in [6, 6.07) is 5.76. The van der Waals surface area contributed by atoms with E-state index in [1.54, 1.807) is 7.11 Å². The number of rotatable bonds is 7. The molecule has 6 heteroatoms. The Morgan fingerprint density at radius 1 is 1.45 bits per heavy atom. The van der Waals surface area contributed by atoms with Crippen LogP contribution in [0.25, 0.3) is 0 Å². The maximum atomic E-state index is 12.0. The van der Waals surface area contributed by atoms with Crippen LogP contribution in [0.3, 0.4) is 0 Å². The molecule has 6 nitrogen and oxygen atoms in total. The molecule has 1 unspecified atom stereocenters. The van der Waals surface area contributed by atoms with E-state index in [1.165, 1.54) is 0 Å². The average Bonchev–Trinajstić information content (AvgIpc) is 2.54. The Kier molecular flexibility index (Phi) is 6.48. The molecule has 1 heterocycles. The van der Waals surface area contributed by atoms with Crippen LogP contribution in [0, 0.1) is 0 Å². The third-order valence-corrected chi connectivity index (χ3v) is 3.45. The number of morpholine rings is 1. The fourth-order valence-corrected chi connectivity index (χ4v) is 2.35. The van der Waals surface area contributed by atoms with E-state index in [0.29, 0.717) is 44.3 Å². The first-order chi connectivity index (χ1) is 10.7. The topological polar surface area (TPSA) is 68.8 Å². The lowest BCUT2D eigenvalue weighted by atomic mass is 10.1. The van der Waals surface area contributed by atoms with Crippen LogP contribution >= 0.6 is 0 Å². The number of benzene rings is 1. The molecule has 2 N–H and O–H groups in total. The maximum absolute atomic E-state index is 12.0. The first-order valence-corrected chi connectivity index (χ1v) is 7.60. The fraction of sp³-hybridized carbons (Fsp3) is 0.562. The summed E-state index contributed by atoms with van der Waals surface area (Å²) in [6.45, 7) is 5.06. The molecule has 0 radical (unpaired) electrons. The van der Waals surface area contributed by atoms with Crippen molar-refractivity contribution in [3.8, 4) is 11.5 Å². The zero-order chi connectivity index (χ0) is 15.8. The highest BCUT2D eigenvalue weighted by molar-refractivity contribution is 5.76. The molecule has 1 aliphatic heterocycles. The smallest absolute Gasteiger partial charge is 0.221 e. The predicted molar refractivity (Wildman–Crippen MR) is 83.2 cm³/mol. The predicted octanol–water partition coefficient (Wildman–Crippen LogP) is 1.09. The highest BCUT2D eigenvalue weighted by atomic mass is 16.5. The third-order valence-electron chi connectivity index (χ3n) is 3.45. The van der Waals surface area contributed by atoms with Crippen molar-refractivity contribution in [3.05, 3.63) is 23.8 Å². The lowest BCUT2D eigenvalue weighted by molar-refractivity contribution is -0.122. The Labute approximate surface area is 131 Å². The quantitative estimate of drug-likeness (QED) is 0.789. The van der Waals surface area contributed by atoms with Gasteiger partial charge in [0.2, 0.25) is 5.91 Å². The van der Waals surface area contributed by atoms with Gasteiger partial charge in [0.1, 0.15) is 0 Å². The molecule has 1 aliphatic rings. The molecule has 22 heavy (non-hydrogen) atoms. The van der Waals surface area contributed by atoms with Crippen molar-refractivity contribution in [2.45, 2.75) is 25.9 Å². The number of methoxy groups -OCH3 is 1. The van der Waals surface area contributed by atoms with Gasteiger partial charge in [0.25, 0.3) is 0 Å². The van der Waals surface area contributed by atoms with Gasteiger partial charge in [0.05, 0.1) is 26.9 Å². The van der Waals surface area contributed by atoms with Crippen LogP contribution < -0.4 is 20.1 Å². The van der Waals surface area contributed by atoms with Crippen LogP contribution in [-0.4, -0.2) is 45.4 Å². The monoisotopic (exact) mass is 308 g/mol. The molecule has 122 valence electrons. The average molecular weight is 308 g/mol. The molecule has 0 aliphatic carbocycles. The van der Waals surface area contributed by atoms with Crippen molar-refractivity contribution in [3.63, 3.8) is 0 Å². The van der Waals surface area contributed by atoms with Crippen LogP contribution in [0.2, 0.25) is 0 Å². The molecule has 1 aromatic carbocycles. The molecule has 2 rings (SSSR count). The highest BCUT2D eigenvalue weighted by Gasteiger charge is 2.16. The first kappa shape index (κ1) is 16.6. The number of amides is 1. The fourth-order valence-electron chi connectivity index (χ4n) is 2.35. The summed E-state index contributed by atoms with van der Waals surface area (Å²) in [5.41, 5.74) is 0.977. The molecule has 1 atom stereocenters. The van der Waals surface area contributed by atoms with Gasteiger partial charge in [0, 0.05) is 25.6 Å². The van der Waals surface area contributed by atoms with Crippen LogP contribution in [0.5, 0.6) is 11.5 Å². The van der Waals surface area contributed by atoms with E-state index < -0.39 is 0 Å². The van der Waals surface area contributed by atoms with Gasteiger partial charge < -0.3 is 24.8 Å².